The van der Waals surface area contributed by atoms with Gasteiger partial charge in [-0.3, -0.25) is 4.79 Å². The Balaban J connectivity index is 4.66. The van der Waals surface area contributed by atoms with Crippen LogP contribution < -0.4 is 0 Å². The SMILES string of the molecule is C=CCN(C(=O)OC(C)(C)C)[C@@H](C)CC(=O)O. The topological polar surface area (TPSA) is 66.8 Å². The van der Waals surface area contributed by atoms with E-state index in [-0.39, 0.29) is 13.0 Å². The summed E-state index contributed by atoms with van der Waals surface area (Å²) in [7, 11) is 0. The summed E-state index contributed by atoms with van der Waals surface area (Å²) < 4.78 is 5.20. The van der Waals surface area contributed by atoms with E-state index in [2.05, 4.69) is 6.58 Å². The van der Waals surface area contributed by atoms with Crippen LogP contribution in [0.1, 0.15) is 34.1 Å². The van der Waals surface area contributed by atoms with Crippen molar-refractivity contribution in [3.8, 4) is 0 Å². The summed E-state index contributed by atoms with van der Waals surface area (Å²) in [4.78, 5) is 23.8. The van der Waals surface area contributed by atoms with E-state index in [4.69, 9.17) is 9.84 Å². The molecule has 0 rings (SSSR count). The first-order valence-electron chi connectivity index (χ1n) is 5.49. The lowest BCUT2D eigenvalue weighted by Crippen LogP contribution is -2.43. The van der Waals surface area contributed by atoms with E-state index in [1.54, 1.807) is 33.8 Å². The molecule has 0 unspecified atom stereocenters. The van der Waals surface area contributed by atoms with E-state index < -0.39 is 23.7 Å². The van der Waals surface area contributed by atoms with Gasteiger partial charge in [0.2, 0.25) is 0 Å². The van der Waals surface area contributed by atoms with Crippen molar-refractivity contribution in [2.75, 3.05) is 6.54 Å². The normalized spacial score (nSPS) is 12.7. The molecule has 0 aliphatic rings. The van der Waals surface area contributed by atoms with Crippen molar-refractivity contribution in [2.24, 2.45) is 0 Å². The molecule has 1 atom stereocenters. The number of amides is 1. The van der Waals surface area contributed by atoms with E-state index in [0.29, 0.717) is 0 Å². The second kappa shape index (κ2) is 6.27. The molecule has 17 heavy (non-hydrogen) atoms. The molecule has 0 fully saturated rings. The predicted molar refractivity (Wildman–Crippen MR) is 64.9 cm³/mol. The molecule has 0 aromatic heterocycles. The standard InChI is InChI=1S/C12H21NO4/c1-6-7-13(9(2)8-10(14)15)11(16)17-12(3,4)5/h6,9H,1,7-8H2,2-5H3,(H,14,15)/t9-/m0/s1. The Kier molecular flexibility index (Phi) is 5.71. The molecule has 98 valence electrons. The lowest BCUT2D eigenvalue weighted by Gasteiger charge is -2.30. The lowest BCUT2D eigenvalue weighted by atomic mass is 10.2. The number of rotatable bonds is 5. The van der Waals surface area contributed by atoms with Crippen LogP contribution in [0.4, 0.5) is 4.79 Å². The third kappa shape index (κ3) is 6.60. The highest BCUT2D eigenvalue weighted by Gasteiger charge is 2.26. The zero-order valence-corrected chi connectivity index (χ0v) is 10.9. The number of hydrogen-bond acceptors (Lipinski definition) is 3. The Morgan fingerprint density at radius 1 is 1.47 bits per heavy atom. The maximum atomic E-state index is 11.8. The minimum absolute atomic E-state index is 0.118. The Labute approximate surface area is 102 Å². The number of hydrogen-bond donors (Lipinski definition) is 1. The van der Waals surface area contributed by atoms with Crippen LogP contribution in [0, 0.1) is 0 Å². The molecule has 5 nitrogen and oxygen atoms in total. The van der Waals surface area contributed by atoms with Crippen LogP contribution in [-0.2, 0) is 9.53 Å². The number of carbonyl (C=O) groups is 2. The maximum absolute atomic E-state index is 11.8. The van der Waals surface area contributed by atoms with Crippen molar-refractivity contribution in [3.63, 3.8) is 0 Å². The molecular weight excluding hydrogens is 222 g/mol. The second-order valence-electron chi connectivity index (χ2n) is 4.87. The van der Waals surface area contributed by atoms with Gasteiger partial charge in [-0.05, 0) is 27.7 Å². The highest BCUT2D eigenvalue weighted by molar-refractivity contribution is 5.71. The summed E-state index contributed by atoms with van der Waals surface area (Å²) in [5.41, 5.74) is -0.598. The second-order valence-corrected chi connectivity index (χ2v) is 4.87. The zero-order chi connectivity index (χ0) is 13.6. The first-order valence-corrected chi connectivity index (χ1v) is 5.49. The molecule has 0 bridgehead atoms. The molecule has 0 aromatic carbocycles. The van der Waals surface area contributed by atoms with Gasteiger partial charge in [0.25, 0.3) is 0 Å². The van der Waals surface area contributed by atoms with Gasteiger partial charge in [0.15, 0.2) is 0 Å². The highest BCUT2D eigenvalue weighted by atomic mass is 16.6. The van der Waals surface area contributed by atoms with Gasteiger partial charge >= 0.3 is 12.1 Å². The van der Waals surface area contributed by atoms with Gasteiger partial charge in [0.05, 0.1) is 6.42 Å². The van der Waals surface area contributed by atoms with Crippen molar-refractivity contribution < 1.29 is 19.4 Å². The molecule has 5 heteroatoms. The Morgan fingerprint density at radius 2 is 2.00 bits per heavy atom. The first kappa shape index (κ1) is 15.5. The smallest absolute Gasteiger partial charge is 0.410 e. The van der Waals surface area contributed by atoms with Crippen molar-refractivity contribution >= 4 is 12.1 Å². The fourth-order valence-corrected chi connectivity index (χ4v) is 1.26. The van der Waals surface area contributed by atoms with Crippen LogP contribution in [0.15, 0.2) is 12.7 Å². The Bertz CT molecular complexity index is 293. The molecular formula is C12H21NO4. The van der Waals surface area contributed by atoms with E-state index >= 15 is 0 Å². The molecule has 0 aliphatic carbocycles. The fourth-order valence-electron chi connectivity index (χ4n) is 1.26. The lowest BCUT2D eigenvalue weighted by molar-refractivity contribution is -0.138. The van der Waals surface area contributed by atoms with Crippen molar-refractivity contribution in [2.45, 2.75) is 45.8 Å². The number of nitrogens with zero attached hydrogens (tertiary/aromatic N) is 1. The fraction of sp³-hybridized carbons (Fsp3) is 0.667. The third-order valence-corrected chi connectivity index (χ3v) is 1.96. The predicted octanol–water partition coefficient (Wildman–Crippen LogP) is 2.27. The number of aliphatic carboxylic acids is 1. The van der Waals surface area contributed by atoms with Crippen LogP contribution in [-0.4, -0.2) is 40.3 Å². The van der Waals surface area contributed by atoms with Gasteiger partial charge in [-0.15, -0.1) is 6.58 Å². The summed E-state index contributed by atoms with van der Waals surface area (Å²) in [6, 6.07) is -0.430. The molecule has 0 aliphatic heterocycles. The average molecular weight is 243 g/mol. The monoisotopic (exact) mass is 243 g/mol. The van der Waals surface area contributed by atoms with Crippen LogP contribution in [0.5, 0.6) is 0 Å². The molecule has 0 saturated heterocycles. The van der Waals surface area contributed by atoms with Crippen LogP contribution in [0.25, 0.3) is 0 Å². The van der Waals surface area contributed by atoms with Gasteiger partial charge in [0, 0.05) is 12.6 Å². The highest BCUT2D eigenvalue weighted by Crippen LogP contribution is 2.13. The molecule has 0 aromatic rings. The van der Waals surface area contributed by atoms with E-state index in [0.717, 1.165) is 0 Å². The van der Waals surface area contributed by atoms with Crippen LogP contribution in [0.3, 0.4) is 0 Å². The molecule has 0 spiro atoms. The largest absolute Gasteiger partial charge is 0.481 e. The first-order chi connectivity index (χ1) is 7.67. The van der Waals surface area contributed by atoms with Crippen LogP contribution in [0.2, 0.25) is 0 Å². The van der Waals surface area contributed by atoms with Crippen LogP contribution >= 0.6 is 0 Å². The number of carboxylic acids is 1. The van der Waals surface area contributed by atoms with Crippen molar-refractivity contribution in [3.05, 3.63) is 12.7 Å². The van der Waals surface area contributed by atoms with Gasteiger partial charge in [-0.25, -0.2) is 4.79 Å². The van der Waals surface area contributed by atoms with E-state index in [9.17, 15) is 9.59 Å². The number of ether oxygens (including phenoxy) is 1. The van der Waals surface area contributed by atoms with E-state index in [1.165, 1.54) is 4.90 Å². The minimum atomic E-state index is -0.949. The molecule has 0 saturated carbocycles. The number of carboxylic acid groups (broad SMARTS) is 1. The molecule has 0 heterocycles. The summed E-state index contributed by atoms with van der Waals surface area (Å²) in [5, 5.41) is 8.71. The van der Waals surface area contributed by atoms with Gasteiger partial charge in [-0.1, -0.05) is 6.08 Å². The average Bonchev–Trinajstić information content (AvgIpc) is 2.09. The summed E-state index contributed by atoms with van der Waals surface area (Å²) in [6.45, 7) is 10.8. The summed E-state index contributed by atoms with van der Waals surface area (Å²) >= 11 is 0. The number of carbonyl (C=O) groups excluding carboxylic acids is 1. The van der Waals surface area contributed by atoms with E-state index in [1.807, 2.05) is 0 Å². The summed E-state index contributed by atoms with van der Waals surface area (Å²) in [6.07, 6.45) is 0.904. The molecule has 1 amide bonds. The van der Waals surface area contributed by atoms with Crippen molar-refractivity contribution in [1.82, 2.24) is 4.90 Å². The minimum Gasteiger partial charge on any atom is -0.481 e. The summed E-state index contributed by atoms with van der Waals surface area (Å²) in [5.74, 6) is -0.949. The third-order valence-electron chi connectivity index (χ3n) is 1.96. The zero-order valence-electron chi connectivity index (χ0n) is 10.9. The molecule has 0 radical (unpaired) electrons. The van der Waals surface area contributed by atoms with Crippen molar-refractivity contribution in [1.29, 1.82) is 0 Å². The van der Waals surface area contributed by atoms with Gasteiger partial charge < -0.3 is 14.7 Å². The maximum Gasteiger partial charge on any atom is 0.410 e. The van der Waals surface area contributed by atoms with Gasteiger partial charge in [-0.2, -0.15) is 0 Å². The van der Waals surface area contributed by atoms with Gasteiger partial charge in [0.1, 0.15) is 5.60 Å². The quantitative estimate of drug-likeness (QED) is 0.752. The Hall–Kier alpha value is -1.52. The molecule has 1 N–H and O–H groups in total. The Morgan fingerprint density at radius 3 is 2.35 bits per heavy atom.